The van der Waals surface area contributed by atoms with Crippen LogP contribution in [0.1, 0.15) is 40.5 Å². The molecule has 0 aromatic rings. The molecule has 4 heteroatoms. The molecule has 2 atom stereocenters. The minimum Gasteiger partial charge on any atom is -0.388 e. The summed E-state index contributed by atoms with van der Waals surface area (Å²) < 4.78 is 0. The second kappa shape index (κ2) is 6.08. The standard InChI is InChI=1S/C11H24N2O2/c1-5-11(4,15)7-13-10(14)9(12)6-8(2)3/h8-9,15H,5-7,12H2,1-4H3,(H,13,14)/t9-,11?/m0/s1. The van der Waals surface area contributed by atoms with Crippen molar-refractivity contribution in [2.45, 2.75) is 52.2 Å². The molecular weight excluding hydrogens is 192 g/mol. The molecule has 1 amide bonds. The molecule has 0 aromatic heterocycles. The van der Waals surface area contributed by atoms with Crippen molar-refractivity contribution in [3.8, 4) is 0 Å². The quantitative estimate of drug-likeness (QED) is 0.610. The van der Waals surface area contributed by atoms with E-state index in [0.717, 1.165) is 0 Å². The number of amides is 1. The Hall–Kier alpha value is -0.610. The van der Waals surface area contributed by atoms with Crippen LogP contribution in [0.2, 0.25) is 0 Å². The molecule has 0 heterocycles. The fraction of sp³-hybridized carbons (Fsp3) is 0.909. The number of rotatable bonds is 6. The summed E-state index contributed by atoms with van der Waals surface area (Å²) in [7, 11) is 0. The van der Waals surface area contributed by atoms with Crippen molar-refractivity contribution in [3.05, 3.63) is 0 Å². The van der Waals surface area contributed by atoms with Crippen molar-refractivity contribution < 1.29 is 9.90 Å². The Kier molecular flexibility index (Phi) is 5.83. The smallest absolute Gasteiger partial charge is 0.237 e. The van der Waals surface area contributed by atoms with Crippen molar-refractivity contribution >= 4 is 5.91 Å². The van der Waals surface area contributed by atoms with Crippen LogP contribution >= 0.6 is 0 Å². The fourth-order valence-electron chi connectivity index (χ4n) is 1.15. The predicted molar refractivity (Wildman–Crippen MR) is 61.4 cm³/mol. The normalized spacial score (nSPS) is 17.3. The lowest BCUT2D eigenvalue weighted by molar-refractivity contribution is -0.123. The highest BCUT2D eigenvalue weighted by Gasteiger charge is 2.21. The molecule has 0 aliphatic carbocycles. The maximum Gasteiger partial charge on any atom is 0.237 e. The van der Waals surface area contributed by atoms with Crippen molar-refractivity contribution in [2.24, 2.45) is 11.7 Å². The first-order valence-electron chi connectivity index (χ1n) is 5.54. The van der Waals surface area contributed by atoms with E-state index in [-0.39, 0.29) is 12.5 Å². The average molecular weight is 216 g/mol. The van der Waals surface area contributed by atoms with Gasteiger partial charge in [-0.15, -0.1) is 0 Å². The lowest BCUT2D eigenvalue weighted by Gasteiger charge is -2.23. The minimum absolute atomic E-state index is 0.183. The van der Waals surface area contributed by atoms with Gasteiger partial charge in [-0.25, -0.2) is 0 Å². The number of carbonyl (C=O) groups is 1. The average Bonchev–Trinajstić information content (AvgIpc) is 2.13. The lowest BCUT2D eigenvalue weighted by Crippen LogP contribution is -2.47. The largest absolute Gasteiger partial charge is 0.388 e. The minimum atomic E-state index is -0.840. The van der Waals surface area contributed by atoms with Crippen LogP contribution in [0.25, 0.3) is 0 Å². The van der Waals surface area contributed by atoms with Crippen molar-refractivity contribution in [3.63, 3.8) is 0 Å². The van der Waals surface area contributed by atoms with Crippen LogP contribution < -0.4 is 11.1 Å². The van der Waals surface area contributed by atoms with Gasteiger partial charge in [0.25, 0.3) is 0 Å². The molecule has 0 spiro atoms. The number of carbonyl (C=O) groups excluding carboxylic acids is 1. The van der Waals surface area contributed by atoms with E-state index >= 15 is 0 Å². The van der Waals surface area contributed by atoms with Crippen molar-refractivity contribution in [1.82, 2.24) is 5.32 Å². The molecule has 15 heavy (non-hydrogen) atoms. The first-order chi connectivity index (χ1) is 6.78. The number of hydrogen-bond acceptors (Lipinski definition) is 3. The molecule has 0 aromatic carbocycles. The molecule has 0 fully saturated rings. The van der Waals surface area contributed by atoms with Gasteiger partial charge in [0.2, 0.25) is 5.91 Å². The van der Waals surface area contributed by atoms with Crippen LogP contribution in [0, 0.1) is 5.92 Å². The van der Waals surface area contributed by atoms with Gasteiger partial charge in [-0.1, -0.05) is 20.8 Å². The monoisotopic (exact) mass is 216 g/mol. The maximum absolute atomic E-state index is 11.5. The van der Waals surface area contributed by atoms with E-state index in [1.807, 2.05) is 20.8 Å². The summed E-state index contributed by atoms with van der Waals surface area (Å²) in [5.74, 6) is 0.217. The third kappa shape index (κ3) is 6.47. The van der Waals surface area contributed by atoms with Crippen molar-refractivity contribution in [1.29, 1.82) is 0 Å². The van der Waals surface area contributed by atoms with Crippen LogP contribution in [0.15, 0.2) is 0 Å². The Bertz CT molecular complexity index is 203. The summed E-state index contributed by atoms with van der Waals surface area (Å²) in [4.78, 5) is 11.5. The molecule has 0 radical (unpaired) electrons. The Morgan fingerprint density at radius 3 is 2.47 bits per heavy atom. The van der Waals surface area contributed by atoms with E-state index in [4.69, 9.17) is 5.73 Å². The van der Waals surface area contributed by atoms with E-state index in [2.05, 4.69) is 5.32 Å². The Morgan fingerprint density at radius 1 is 1.53 bits per heavy atom. The summed E-state index contributed by atoms with van der Waals surface area (Å²) >= 11 is 0. The van der Waals surface area contributed by atoms with Gasteiger partial charge >= 0.3 is 0 Å². The highest BCUT2D eigenvalue weighted by molar-refractivity contribution is 5.81. The van der Waals surface area contributed by atoms with Gasteiger partial charge < -0.3 is 16.2 Å². The highest BCUT2D eigenvalue weighted by atomic mass is 16.3. The van der Waals surface area contributed by atoms with Gasteiger partial charge in [-0.2, -0.15) is 0 Å². The molecule has 0 rings (SSSR count). The number of hydrogen-bond donors (Lipinski definition) is 3. The Labute approximate surface area is 92.2 Å². The Morgan fingerprint density at radius 2 is 2.07 bits per heavy atom. The third-order valence-electron chi connectivity index (χ3n) is 2.47. The van der Waals surface area contributed by atoms with Gasteiger partial charge in [0.1, 0.15) is 0 Å². The molecule has 0 saturated carbocycles. The summed E-state index contributed by atoms with van der Waals surface area (Å²) in [6.45, 7) is 7.88. The van der Waals surface area contributed by atoms with E-state index in [0.29, 0.717) is 18.8 Å². The first kappa shape index (κ1) is 14.4. The first-order valence-corrected chi connectivity index (χ1v) is 5.54. The van der Waals surface area contributed by atoms with Gasteiger partial charge in [0, 0.05) is 6.54 Å². The molecule has 4 nitrogen and oxygen atoms in total. The fourth-order valence-corrected chi connectivity index (χ4v) is 1.15. The summed E-state index contributed by atoms with van der Waals surface area (Å²) in [6.07, 6.45) is 1.27. The van der Waals surface area contributed by atoms with Crippen LogP contribution in [0.5, 0.6) is 0 Å². The molecule has 1 unspecified atom stereocenters. The zero-order chi connectivity index (χ0) is 12.1. The highest BCUT2D eigenvalue weighted by Crippen LogP contribution is 2.07. The van der Waals surface area contributed by atoms with E-state index in [9.17, 15) is 9.90 Å². The summed E-state index contributed by atoms with van der Waals surface area (Å²) in [5, 5.41) is 12.3. The molecule has 0 aliphatic rings. The zero-order valence-electron chi connectivity index (χ0n) is 10.2. The van der Waals surface area contributed by atoms with Crippen LogP contribution in [-0.4, -0.2) is 29.2 Å². The summed E-state index contributed by atoms with van der Waals surface area (Å²) in [5.41, 5.74) is 4.86. The molecule has 0 bridgehead atoms. The topological polar surface area (TPSA) is 75.3 Å². The van der Waals surface area contributed by atoms with Gasteiger partial charge in [-0.3, -0.25) is 4.79 Å². The maximum atomic E-state index is 11.5. The van der Waals surface area contributed by atoms with Crippen LogP contribution in [0.3, 0.4) is 0 Å². The SMILES string of the molecule is CCC(C)(O)CNC(=O)[C@@H](N)CC(C)C. The molecular formula is C11H24N2O2. The van der Waals surface area contributed by atoms with Gasteiger partial charge in [-0.05, 0) is 25.7 Å². The van der Waals surface area contributed by atoms with Gasteiger partial charge in [0.05, 0.1) is 11.6 Å². The molecule has 0 aliphatic heterocycles. The van der Waals surface area contributed by atoms with Crippen LogP contribution in [-0.2, 0) is 4.79 Å². The molecule has 90 valence electrons. The number of nitrogens with two attached hydrogens (primary N) is 1. The van der Waals surface area contributed by atoms with Crippen LogP contribution in [0.4, 0.5) is 0 Å². The second-order valence-electron chi connectivity index (χ2n) is 4.80. The van der Waals surface area contributed by atoms with E-state index < -0.39 is 11.6 Å². The molecule has 4 N–H and O–H groups in total. The zero-order valence-corrected chi connectivity index (χ0v) is 10.2. The van der Waals surface area contributed by atoms with E-state index in [1.54, 1.807) is 6.92 Å². The predicted octanol–water partition coefficient (Wildman–Crippen LogP) is 0.637. The second-order valence-corrected chi connectivity index (χ2v) is 4.80. The number of aliphatic hydroxyl groups is 1. The Balaban J connectivity index is 3.93. The lowest BCUT2D eigenvalue weighted by atomic mass is 10.0. The number of nitrogens with one attached hydrogen (secondary N) is 1. The van der Waals surface area contributed by atoms with E-state index in [1.165, 1.54) is 0 Å². The van der Waals surface area contributed by atoms with Crippen molar-refractivity contribution in [2.75, 3.05) is 6.54 Å². The third-order valence-corrected chi connectivity index (χ3v) is 2.47. The van der Waals surface area contributed by atoms with Gasteiger partial charge in [0.15, 0.2) is 0 Å². The molecule has 0 saturated heterocycles. The summed E-state index contributed by atoms with van der Waals surface area (Å²) in [6, 6.07) is -0.474.